The molecule has 0 aliphatic heterocycles. The van der Waals surface area contributed by atoms with Gasteiger partial charge in [0.05, 0.1) is 16.9 Å². The van der Waals surface area contributed by atoms with Gasteiger partial charge in [-0.15, -0.1) is 0 Å². The normalized spacial score (nSPS) is 10.5. The lowest BCUT2D eigenvalue weighted by atomic mass is 10.1. The summed E-state index contributed by atoms with van der Waals surface area (Å²) in [6, 6.07) is 3.78. The average molecular weight is 424 g/mol. The highest BCUT2D eigenvalue weighted by molar-refractivity contribution is 9.11. The van der Waals surface area contributed by atoms with Crippen LogP contribution in [0.15, 0.2) is 33.2 Å². The fraction of sp³-hybridized carbons (Fsp3) is 0. The first kappa shape index (κ1) is 15.8. The number of nitrogens with one attached hydrogen (secondary N) is 1. The molecule has 0 radical (unpaired) electrons. The Kier molecular flexibility index (Phi) is 4.58. The van der Waals surface area contributed by atoms with Crippen molar-refractivity contribution in [1.29, 1.82) is 0 Å². The molecule has 0 heterocycles. The van der Waals surface area contributed by atoms with Gasteiger partial charge in [-0.3, -0.25) is 4.79 Å². The minimum absolute atomic E-state index is 0.0181. The fourth-order valence-corrected chi connectivity index (χ4v) is 2.58. The summed E-state index contributed by atoms with van der Waals surface area (Å²) in [5.41, 5.74) is 4.96. The summed E-state index contributed by atoms with van der Waals surface area (Å²) in [5, 5.41) is 2.27. The van der Waals surface area contributed by atoms with Gasteiger partial charge in [0, 0.05) is 15.0 Å². The zero-order chi connectivity index (χ0) is 15.7. The summed E-state index contributed by atoms with van der Waals surface area (Å²) in [6.07, 6.45) is 0. The molecule has 0 saturated carbocycles. The predicted molar refractivity (Wildman–Crippen MR) is 80.5 cm³/mol. The third-order valence-electron chi connectivity index (χ3n) is 2.58. The Morgan fingerprint density at radius 2 is 1.67 bits per heavy atom. The van der Waals surface area contributed by atoms with Crippen LogP contribution in [0.3, 0.4) is 0 Å². The summed E-state index contributed by atoms with van der Waals surface area (Å²) >= 11 is 5.97. The molecule has 0 fully saturated rings. The van der Waals surface area contributed by atoms with E-state index in [-0.39, 0.29) is 25.9 Å². The molecule has 3 nitrogen and oxygen atoms in total. The first-order chi connectivity index (χ1) is 9.79. The van der Waals surface area contributed by atoms with Crippen molar-refractivity contribution in [2.45, 2.75) is 0 Å². The number of benzene rings is 2. The largest absolute Gasteiger partial charge is 0.396 e. The number of nitrogen functional groups attached to an aromatic ring is 1. The number of amides is 1. The van der Waals surface area contributed by atoms with Gasteiger partial charge in [-0.2, -0.15) is 0 Å². The van der Waals surface area contributed by atoms with Crippen molar-refractivity contribution in [2.24, 2.45) is 0 Å². The standard InChI is InChI=1S/C13H7Br2F3N2O/c14-7-4-9(17)11(19)3-6(7)13(21)20-12-8(15)1-5(16)2-10(12)18/h1-4H,19H2,(H,20,21). The molecule has 0 atom stereocenters. The molecule has 0 aromatic heterocycles. The maximum atomic E-state index is 13.7. The van der Waals surface area contributed by atoms with Crippen LogP contribution in [0.5, 0.6) is 0 Å². The van der Waals surface area contributed by atoms with Crippen molar-refractivity contribution in [3.8, 4) is 0 Å². The molecule has 21 heavy (non-hydrogen) atoms. The van der Waals surface area contributed by atoms with Gasteiger partial charge in [0.2, 0.25) is 0 Å². The minimum atomic E-state index is -0.943. The molecule has 110 valence electrons. The van der Waals surface area contributed by atoms with E-state index < -0.39 is 23.4 Å². The Morgan fingerprint density at radius 3 is 2.29 bits per heavy atom. The second kappa shape index (κ2) is 6.07. The highest BCUT2D eigenvalue weighted by atomic mass is 79.9. The van der Waals surface area contributed by atoms with Crippen molar-refractivity contribution in [1.82, 2.24) is 0 Å². The Morgan fingerprint density at radius 1 is 1.00 bits per heavy atom. The van der Waals surface area contributed by atoms with E-state index >= 15 is 0 Å². The first-order valence-corrected chi connectivity index (χ1v) is 7.08. The van der Waals surface area contributed by atoms with Crippen LogP contribution in [-0.2, 0) is 0 Å². The molecular weight excluding hydrogens is 417 g/mol. The van der Waals surface area contributed by atoms with Gasteiger partial charge in [-0.1, -0.05) is 0 Å². The van der Waals surface area contributed by atoms with E-state index in [1.165, 1.54) is 0 Å². The molecule has 0 aliphatic carbocycles. The molecule has 0 saturated heterocycles. The summed E-state index contributed by atoms with van der Waals surface area (Å²) in [7, 11) is 0. The molecule has 0 spiro atoms. The number of anilines is 2. The molecule has 2 aromatic rings. The molecule has 2 aromatic carbocycles. The lowest BCUT2D eigenvalue weighted by molar-refractivity contribution is 0.102. The van der Waals surface area contributed by atoms with Crippen LogP contribution in [0, 0.1) is 17.5 Å². The van der Waals surface area contributed by atoms with Crippen LogP contribution in [-0.4, -0.2) is 5.91 Å². The number of carbonyl (C=O) groups is 1. The Balaban J connectivity index is 2.37. The maximum Gasteiger partial charge on any atom is 0.256 e. The zero-order valence-corrected chi connectivity index (χ0v) is 13.4. The van der Waals surface area contributed by atoms with Crippen LogP contribution in [0.2, 0.25) is 0 Å². The van der Waals surface area contributed by atoms with Gasteiger partial charge < -0.3 is 11.1 Å². The molecule has 0 unspecified atom stereocenters. The van der Waals surface area contributed by atoms with Gasteiger partial charge in [0.1, 0.15) is 11.6 Å². The molecule has 1 amide bonds. The molecule has 0 bridgehead atoms. The molecule has 8 heteroatoms. The Hall–Kier alpha value is -1.54. The second-order valence-electron chi connectivity index (χ2n) is 4.05. The summed E-state index contributed by atoms with van der Waals surface area (Å²) in [4.78, 5) is 12.1. The number of hydrogen-bond acceptors (Lipinski definition) is 2. The lowest BCUT2D eigenvalue weighted by Gasteiger charge is -2.11. The van der Waals surface area contributed by atoms with Crippen LogP contribution < -0.4 is 11.1 Å². The van der Waals surface area contributed by atoms with Crippen molar-refractivity contribution >= 4 is 49.1 Å². The monoisotopic (exact) mass is 422 g/mol. The van der Waals surface area contributed by atoms with Gasteiger partial charge in [-0.05, 0) is 50.1 Å². The molecule has 0 aliphatic rings. The Bertz CT molecular complexity index is 715. The van der Waals surface area contributed by atoms with Gasteiger partial charge in [0.15, 0.2) is 5.82 Å². The molecule has 3 N–H and O–H groups in total. The minimum Gasteiger partial charge on any atom is -0.396 e. The number of halogens is 5. The van der Waals surface area contributed by atoms with E-state index in [0.29, 0.717) is 6.07 Å². The van der Waals surface area contributed by atoms with Crippen molar-refractivity contribution in [3.63, 3.8) is 0 Å². The van der Waals surface area contributed by atoms with E-state index in [1.807, 2.05) is 0 Å². The van der Waals surface area contributed by atoms with Crippen LogP contribution >= 0.6 is 31.9 Å². The van der Waals surface area contributed by atoms with E-state index in [0.717, 1.165) is 18.2 Å². The SMILES string of the molecule is Nc1cc(C(=O)Nc2c(F)cc(F)cc2Br)c(Br)cc1F. The smallest absolute Gasteiger partial charge is 0.256 e. The van der Waals surface area contributed by atoms with Crippen LogP contribution in [0.4, 0.5) is 24.5 Å². The van der Waals surface area contributed by atoms with E-state index in [9.17, 15) is 18.0 Å². The Labute approximate surface area is 134 Å². The summed E-state index contributed by atoms with van der Waals surface area (Å²) in [5.74, 6) is -3.14. The molecular formula is C13H7Br2F3N2O. The summed E-state index contributed by atoms with van der Waals surface area (Å²) in [6.45, 7) is 0. The second-order valence-corrected chi connectivity index (χ2v) is 5.76. The quantitative estimate of drug-likeness (QED) is 0.700. The van der Waals surface area contributed by atoms with Crippen molar-refractivity contribution in [2.75, 3.05) is 11.1 Å². The zero-order valence-electron chi connectivity index (χ0n) is 10.2. The van der Waals surface area contributed by atoms with E-state index in [2.05, 4.69) is 37.2 Å². The van der Waals surface area contributed by atoms with E-state index in [1.54, 1.807) is 0 Å². The predicted octanol–water partition coefficient (Wildman–Crippen LogP) is 4.46. The van der Waals surface area contributed by atoms with Crippen molar-refractivity contribution < 1.29 is 18.0 Å². The third kappa shape index (κ3) is 3.38. The van der Waals surface area contributed by atoms with E-state index in [4.69, 9.17) is 5.73 Å². The van der Waals surface area contributed by atoms with Gasteiger partial charge >= 0.3 is 0 Å². The summed E-state index contributed by atoms with van der Waals surface area (Å²) < 4.78 is 40.1. The highest BCUT2D eigenvalue weighted by Gasteiger charge is 2.17. The average Bonchev–Trinajstić information content (AvgIpc) is 2.37. The van der Waals surface area contributed by atoms with Gasteiger partial charge in [-0.25, -0.2) is 13.2 Å². The number of nitrogens with two attached hydrogens (primary N) is 1. The van der Waals surface area contributed by atoms with Gasteiger partial charge in [0.25, 0.3) is 5.91 Å². The van der Waals surface area contributed by atoms with Crippen LogP contribution in [0.25, 0.3) is 0 Å². The molecule has 2 rings (SSSR count). The van der Waals surface area contributed by atoms with Crippen molar-refractivity contribution in [3.05, 3.63) is 56.2 Å². The third-order valence-corrected chi connectivity index (χ3v) is 3.86. The number of carbonyl (C=O) groups excluding carboxylic acids is 1. The topological polar surface area (TPSA) is 55.1 Å². The lowest BCUT2D eigenvalue weighted by Crippen LogP contribution is -2.15. The highest BCUT2D eigenvalue weighted by Crippen LogP contribution is 2.29. The first-order valence-electron chi connectivity index (χ1n) is 5.50. The van der Waals surface area contributed by atoms with Crippen LogP contribution in [0.1, 0.15) is 10.4 Å². The maximum absolute atomic E-state index is 13.7. The number of rotatable bonds is 2. The number of hydrogen-bond donors (Lipinski definition) is 2. The fourth-order valence-electron chi connectivity index (χ4n) is 1.58.